The highest BCUT2D eigenvalue weighted by Gasteiger charge is 2.46. The number of carbonyl (C=O) groups excluding carboxylic acids is 1. The molecular weight excluding hydrogens is 1050 g/mol. The second-order valence-electron chi connectivity index (χ2n) is 22.7. The number of ether oxygens (including phenoxy) is 1. The predicted molar refractivity (Wildman–Crippen MR) is 297 cm³/mol. The minimum absolute atomic E-state index is 0.00321. The van der Waals surface area contributed by atoms with E-state index in [0.717, 1.165) is 95.0 Å². The number of phenolic OH excluding ortho intramolecular Hbond substituents is 3. The summed E-state index contributed by atoms with van der Waals surface area (Å²) in [5.74, 6) is -2.52. The molecule has 5 aliphatic rings. The van der Waals surface area contributed by atoms with Gasteiger partial charge in [-0.2, -0.15) is 23.1 Å². The second kappa shape index (κ2) is 21.6. The highest BCUT2D eigenvalue weighted by Crippen LogP contribution is 2.47. The van der Waals surface area contributed by atoms with Crippen LogP contribution < -0.4 is 25.2 Å². The second-order valence-corrected chi connectivity index (χ2v) is 22.7. The molecule has 2 bridgehead atoms. The average molecular weight is 1120 g/mol. The summed E-state index contributed by atoms with van der Waals surface area (Å²) in [5.41, 5.74) is 1.08. The fourth-order valence-corrected chi connectivity index (χ4v) is 11.8. The number of amides is 1. The van der Waals surface area contributed by atoms with E-state index >= 15 is 8.78 Å². The van der Waals surface area contributed by atoms with Gasteiger partial charge < -0.3 is 40.5 Å². The first kappa shape index (κ1) is 55.2. The molecule has 5 fully saturated rings. The van der Waals surface area contributed by atoms with Gasteiger partial charge in [0, 0.05) is 118 Å². The van der Waals surface area contributed by atoms with Crippen LogP contribution in [0.3, 0.4) is 0 Å². The van der Waals surface area contributed by atoms with Crippen LogP contribution in [0.4, 0.5) is 33.5 Å². The third kappa shape index (κ3) is 11.1. The largest absolute Gasteiger partial charge is 0.508 e. The van der Waals surface area contributed by atoms with Crippen LogP contribution in [0.15, 0.2) is 66.9 Å². The van der Waals surface area contributed by atoms with Crippen LogP contribution in [-0.2, 0) is 11.3 Å². The topological polar surface area (TPSA) is 214 Å². The van der Waals surface area contributed by atoms with Crippen molar-refractivity contribution in [3.63, 3.8) is 0 Å². The summed E-state index contributed by atoms with van der Waals surface area (Å²) in [6.45, 7) is 12.6. The Morgan fingerprint density at radius 1 is 0.926 bits per heavy atom. The number of pyridine rings is 1. The van der Waals surface area contributed by atoms with Gasteiger partial charge in [-0.3, -0.25) is 35.3 Å². The van der Waals surface area contributed by atoms with Crippen molar-refractivity contribution in [1.82, 2.24) is 40.3 Å². The quantitative estimate of drug-likeness (QED) is 0.0240. The van der Waals surface area contributed by atoms with E-state index in [9.17, 15) is 33.3 Å². The van der Waals surface area contributed by atoms with E-state index < -0.39 is 47.2 Å². The SMILES string of the molecule is C#Cc1c(F)ccc2cc(O)cc(-c3ncc4c(N5CC6CCC(C5)N6)nc(OCC5(CN6CCN(C7CN(Cc8ccc(N(C(=N)C(=O)NC(C)C(F)(F)F)C(=N)c9cc(C(C)C)c(O)cc9O)cc8)C7)CC6)CC5)nc4c3F)c12. The van der Waals surface area contributed by atoms with E-state index in [1.54, 1.807) is 43.4 Å². The summed E-state index contributed by atoms with van der Waals surface area (Å²) < 4.78 is 79.1. The van der Waals surface area contributed by atoms with Crippen LogP contribution in [0.25, 0.3) is 32.9 Å². The van der Waals surface area contributed by atoms with Crippen molar-refractivity contribution in [1.29, 1.82) is 10.8 Å². The molecule has 4 saturated heterocycles. The van der Waals surface area contributed by atoms with Crippen molar-refractivity contribution in [3.8, 4) is 46.9 Å². The number of aromatic hydroxyl groups is 3. The molecule has 11 rings (SSSR count). The number of rotatable bonds is 14. The molecule has 0 radical (unpaired) electrons. The van der Waals surface area contributed by atoms with Gasteiger partial charge in [-0.25, -0.2) is 8.78 Å². The standard InChI is InChI=1S/C59H63F5N12O5/c1-5-41-46(60)13-8-35-20-40(77)21-44(49(35)41)51-50(61)52-45(24-67-51)55(75-26-36-9-10-37(27-75)69-36)71-57(70-52)81-31-58(14-15-58)30-72-16-18-74(19-17-72)39-28-73(29-39)25-34-6-11-38(12-7-34)76(54(66)56(80)68-33(4)59(62,63)64)53(65)43-22-42(32(2)3)47(78)23-48(43)79/h1,6-8,11-13,20-24,32-33,36-37,39,65-66,69,77-79H,9-10,14-19,25-31H2,2-4H3,(H,68,80). The lowest BCUT2D eigenvalue weighted by Crippen LogP contribution is -2.62. The van der Waals surface area contributed by atoms with Gasteiger partial charge in [-0.1, -0.05) is 38.0 Å². The van der Waals surface area contributed by atoms with Crippen LogP contribution in [0, 0.1) is 40.2 Å². The lowest BCUT2D eigenvalue weighted by atomic mass is 9.96. The van der Waals surface area contributed by atoms with Crippen molar-refractivity contribution < 1.29 is 46.8 Å². The fraction of sp³-hybridized carbons (Fsp3) is 0.424. The van der Waals surface area contributed by atoms with Gasteiger partial charge in [0.2, 0.25) is 0 Å². The van der Waals surface area contributed by atoms with Gasteiger partial charge >= 0.3 is 12.2 Å². The minimum Gasteiger partial charge on any atom is -0.508 e. The van der Waals surface area contributed by atoms with Crippen LogP contribution >= 0.6 is 0 Å². The molecule has 424 valence electrons. The number of carbonyl (C=O) groups is 1. The van der Waals surface area contributed by atoms with Crippen LogP contribution in [-0.4, -0.2) is 158 Å². The number of anilines is 2. The third-order valence-corrected chi connectivity index (χ3v) is 16.6. The number of likely N-dealkylation sites (tertiary alicyclic amines) is 1. The molecule has 3 unspecified atom stereocenters. The first-order valence-corrected chi connectivity index (χ1v) is 27.3. The van der Waals surface area contributed by atoms with Crippen LogP contribution in [0.1, 0.15) is 74.6 Å². The molecule has 22 heteroatoms. The number of aromatic nitrogens is 3. The van der Waals surface area contributed by atoms with E-state index in [1.165, 1.54) is 36.5 Å². The maximum absolute atomic E-state index is 17.2. The average Bonchev–Trinajstić information content (AvgIpc) is 4.21. The lowest BCUT2D eigenvalue weighted by Gasteiger charge is -2.48. The molecule has 1 amide bonds. The zero-order valence-corrected chi connectivity index (χ0v) is 45.0. The molecule has 1 saturated carbocycles. The third-order valence-electron chi connectivity index (χ3n) is 16.6. The molecule has 6 aromatic rings. The number of hydrogen-bond acceptors (Lipinski definition) is 15. The monoisotopic (exact) mass is 1110 g/mol. The Morgan fingerprint density at radius 2 is 1.63 bits per heavy atom. The van der Waals surface area contributed by atoms with E-state index in [0.29, 0.717) is 54.4 Å². The number of benzene rings is 4. The number of terminal acetylenes is 1. The zero-order valence-electron chi connectivity index (χ0n) is 45.0. The molecule has 1 aliphatic carbocycles. The van der Waals surface area contributed by atoms with Gasteiger partial charge in [0.1, 0.15) is 52.0 Å². The number of nitrogens with one attached hydrogen (secondary N) is 4. The molecule has 4 aromatic carbocycles. The van der Waals surface area contributed by atoms with Crippen molar-refractivity contribution in [2.75, 3.05) is 75.3 Å². The van der Waals surface area contributed by atoms with Crippen molar-refractivity contribution in [2.45, 2.75) is 89.3 Å². The molecular formula is C59H63F5N12O5. The number of amidine groups is 2. The molecule has 17 nitrogen and oxygen atoms in total. The van der Waals surface area contributed by atoms with E-state index in [4.69, 9.17) is 27.0 Å². The van der Waals surface area contributed by atoms with E-state index in [2.05, 4.69) is 40.8 Å². The molecule has 7 N–H and O–H groups in total. The van der Waals surface area contributed by atoms with Crippen molar-refractivity contribution in [3.05, 3.63) is 101 Å². The zero-order chi connectivity index (χ0) is 57.2. The summed E-state index contributed by atoms with van der Waals surface area (Å²) in [7, 11) is 0. The summed E-state index contributed by atoms with van der Waals surface area (Å²) in [6.07, 6.45) is 6.47. The number of fused-ring (bicyclic) bond motifs is 4. The van der Waals surface area contributed by atoms with Crippen molar-refractivity contribution in [2.24, 2.45) is 5.41 Å². The van der Waals surface area contributed by atoms with Gasteiger partial charge in [-0.15, -0.1) is 6.42 Å². The number of alkyl halides is 3. The normalized spacial score (nSPS) is 19.8. The van der Waals surface area contributed by atoms with E-state index in [1.807, 2.05) is 0 Å². The van der Waals surface area contributed by atoms with Crippen LogP contribution in [0.2, 0.25) is 0 Å². The van der Waals surface area contributed by atoms with E-state index in [-0.39, 0.29) is 79.9 Å². The number of nitrogens with zero attached hydrogens (tertiary/aromatic N) is 8. The maximum atomic E-state index is 17.2. The van der Waals surface area contributed by atoms with Gasteiger partial charge in [0.25, 0.3) is 5.91 Å². The van der Waals surface area contributed by atoms with Gasteiger partial charge in [0.05, 0.1) is 23.1 Å². The summed E-state index contributed by atoms with van der Waals surface area (Å²) in [5, 5.41) is 56.2. The molecule has 6 heterocycles. The summed E-state index contributed by atoms with van der Waals surface area (Å²) in [6, 6.07) is 13.2. The smallest absolute Gasteiger partial charge is 0.408 e. The van der Waals surface area contributed by atoms with Gasteiger partial charge in [0.15, 0.2) is 11.7 Å². The Morgan fingerprint density at radius 3 is 2.28 bits per heavy atom. The lowest BCUT2D eigenvalue weighted by molar-refractivity contribution is -0.156. The number of phenols is 3. The molecule has 81 heavy (non-hydrogen) atoms. The summed E-state index contributed by atoms with van der Waals surface area (Å²) >= 11 is 0. The first-order chi connectivity index (χ1) is 38.6. The minimum atomic E-state index is -4.78. The Labute approximate surface area is 464 Å². The highest BCUT2D eigenvalue weighted by molar-refractivity contribution is 6.48. The van der Waals surface area contributed by atoms with Crippen LogP contribution in [0.5, 0.6) is 23.3 Å². The number of hydrogen-bond donors (Lipinski definition) is 7. The highest BCUT2D eigenvalue weighted by atomic mass is 19.4. The molecule has 0 spiro atoms. The Bertz CT molecular complexity index is 3490. The summed E-state index contributed by atoms with van der Waals surface area (Å²) in [4.78, 5) is 37.6. The fourth-order valence-electron chi connectivity index (χ4n) is 11.8. The Hall–Kier alpha value is -7.71. The molecule has 3 atom stereocenters. The Balaban J connectivity index is 0.726. The first-order valence-electron chi connectivity index (χ1n) is 27.3. The Kier molecular flexibility index (Phi) is 14.8. The maximum Gasteiger partial charge on any atom is 0.408 e. The van der Waals surface area contributed by atoms with Gasteiger partial charge in [-0.05, 0) is 91.4 Å². The predicted octanol–water partition coefficient (Wildman–Crippen LogP) is 7.82. The number of piperazine rings is 2. The molecule has 4 aliphatic heterocycles. The number of halogens is 5. The molecule has 2 aromatic heterocycles. The van der Waals surface area contributed by atoms with Crippen molar-refractivity contribution >= 4 is 50.8 Å².